The lowest BCUT2D eigenvalue weighted by atomic mass is 9.90. The third-order valence-corrected chi connectivity index (χ3v) is 4.09. The maximum absolute atomic E-state index is 12.2. The van der Waals surface area contributed by atoms with Gasteiger partial charge in [0.1, 0.15) is 5.75 Å². The summed E-state index contributed by atoms with van der Waals surface area (Å²) in [5.41, 5.74) is -0.132. The molecule has 0 aromatic heterocycles. The van der Waals surface area contributed by atoms with Crippen molar-refractivity contribution >= 4 is 17.7 Å². The molecule has 0 bridgehead atoms. The molecule has 2 N–H and O–H groups in total. The summed E-state index contributed by atoms with van der Waals surface area (Å²) < 4.78 is 41.3. The summed E-state index contributed by atoms with van der Waals surface area (Å²) in [6.07, 6.45) is -4.06. The molecule has 25 heavy (non-hydrogen) atoms. The lowest BCUT2D eigenvalue weighted by Gasteiger charge is -2.21. The van der Waals surface area contributed by atoms with Gasteiger partial charge in [0.2, 0.25) is 0 Å². The van der Waals surface area contributed by atoms with Crippen LogP contribution in [0.2, 0.25) is 0 Å². The van der Waals surface area contributed by atoms with Crippen LogP contribution >= 0.6 is 0 Å². The first kappa shape index (κ1) is 18.9. The van der Waals surface area contributed by atoms with Gasteiger partial charge in [0, 0.05) is 18.8 Å². The second kappa shape index (κ2) is 6.81. The highest BCUT2D eigenvalue weighted by molar-refractivity contribution is 5.90. The number of amides is 2. The number of urea groups is 1. The number of alkyl halides is 3. The number of carboxylic acids is 1. The standard InChI is InChI=1S/C16H19F3N2O4/c1-10-7-11(3-4-12(10)25-9-16(17,18)19)20-14(24)21-6-5-15(2,8-21)13(22)23/h3-4,7H,5-6,8-9H2,1-2H3,(H,20,24)(H,22,23). The van der Waals surface area contributed by atoms with Gasteiger partial charge in [0.25, 0.3) is 0 Å². The van der Waals surface area contributed by atoms with Crippen LogP contribution in [0.15, 0.2) is 18.2 Å². The highest BCUT2D eigenvalue weighted by atomic mass is 19.4. The normalized spacial score (nSPS) is 20.4. The van der Waals surface area contributed by atoms with Gasteiger partial charge in [-0.05, 0) is 44.0 Å². The van der Waals surface area contributed by atoms with Crippen molar-refractivity contribution in [2.45, 2.75) is 26.4 Å². The molecule has 0 saturated carbocycles. The first-order chi connectivity index (χ1) is 11.5. The highest BCUT2D eigenvalue weighted by Gasteiger charge is 2.42. The van der Waals surface area contributed by atoms with Gasteiger partial charge in [-0.3, -0.25) is 4.79 Å². The number of benzene rings is 1. The zero-order valence-corrected chi connectivity index (χ0v) is 13.8. The van der Waals surface area contributed by atoms with Crippen molar-refractivity contribution in [1.82, 2.24) is 4.90 Å². The third-order valence-electron chi connectivity index (χ3n) is 4.09. The van der Waals surface area contributed by atoms with E-state index in [4.69, 9.17) is 4.74 Å². The van der Waals surface area contributed by atoms with Crippen LogP contribution in [0.3, 0.4) is 0 Å². The molecule has 0 spiro atoms. The molecule has 1 unspecified atom stereocenters. The van der Waals surface area contributed by atoms with Crippen molar-refractivity contribution in [2.75, 3.05) is 25.0 Å². The number of rotatable bonds is 4. The van der Waals surface area contributed by atoms with Crippen molar-refractivity contribution in [2.24, 2.45) is 5.41 Å². The van der Waals surface area contributed by atoms with Gasteiger partial charge in [-0.2, -0.15) is 13.2 Å². The molecule has 138 valence electrons. The van der Waals surface area contributed by atoms with E-state index in [1.165, 1.54) is 23.1 Å². The maximum Gasteiger partial charge on any atom is 0.422 e. The third kappa shape index (κ3) is 4.77. The number of nitrogens with zero attached hydrogens (tertiary/aromatic N) is 1. The fourth-order valence-electron chi connectivity index (χ4n) is 2.56. The number of aryl methyl sites for hydroxylation is 1. The Morgan fingerprint density at radius 1 is 1.40 bits per heavy atom. The number of carboxylic acid groups (broad SMARTS) is 1. The first-order valence-corrected chi connectivity index (χ1v) is 7.60. The van der Waals surface area contributed by atoms with Crippen LogP contribution in [-0.4, -0.2) is 47.9 Å². The second-order valence-corrected chi connectivity index (χ2v) is 6.35. The van der Waals surface area contributed by atoms with Crippen molar-refractivity contribution < 1.29 is 32.6 Å². The molecule has 0 radical (unpaired) electrons. The molecule has 1 atom stereocenters. The zero-order chi connectivity index (χ0) is 18.8. The molecule has 1 aliphatic rings. The van der Waals surface area contributed by atoms with Crippen LogP contribution in [0.25, 0.3) is 0 Å². The number of anilines is 1. The number of halogens is 3. The van der Waals surface area contributed by atoms with E-state index < -0.39 is 30.2 Å². The smallest absolute Gasteiger partial charge is 0.422 e. The topological polar surface area (TPSA) is 78.9 Å². The van der Waals surface area contributed by atoms with E-state index in [0.717, 1.165) is 0 Å². The molecule has 2 rings (SSSR count). The van der Waals surface area contributed by atoms with Crippen LogP contribution < -0.4 is 10.1 Å². The zero-order valence-electron chi connectivity index (χ0n) is 13.8. The highest BCUT2D eigenvalue weighted by Crippen LogP contribution is 2.31. The molecule has 2 amide bonds. The van der Waals surface area contributed by atoms with Gasteiger partial charge in [-0.1, -0.05) is 0 Å². The van der Waals surface area contributed by atoms with E-state index in [2.05, 4.69) is 5.32 Å². The number of hydrogen-bond donors (Lipinski definition) is 2. The lowest BCUT2D eigenvalue weighted by molar-refractivity contribution is -0.153. The molecule has 1 saturated heterocycles. The predicted octanol–water partition coefficient (Wildman–Crippen LogP) is 3.26. The summed E-state index contributed by atoms with van der Waals surface area (Å²) >= 11 is 0. The minimum atomic E-state index is -4.42. The summed E-state index contributed by atoms with van der Waals surface area (Å²) in [6, 6.07) is 3.83. The van der Waals surface area contributed by atoms with Crippen molar-refractivity contribution in [3.8, 4) is 5.75 Å². The summed E-state index contributed by atoms with van der Waals surface area (Å²) in [4.78, 5) is 24.8. The quantitative estimate of drug-likeness (QED) is 0.864. The molecular formula is C16H19F3N2O4. The minimum Gasteiger partial charge on any atom is -0.484 e. The monoisotopic (exact) mass is 360 g/mol. The number of carbonyl (C=O) groups is 2. The molecule has 1 aliphatic heterocycles. The molecule has 1 aromatic carbocycles. The van der Waals surface area contributed by atoms with Crippen molar-refractivity contribution in [3.05, 3.63) is 23.8 Å². The van der Waals surface area contributed by atoms with Crippen molar-refractivity contribution in [1.29, 1.82) is 0 Å². The van der Waals surface area contributed by atoms with Gasteiger partial charge in [-0.15, -0.1) is 0 Å². The van der Waals surface area contributed by atoms with E-state index in [0.29, 0.717) is 24.2 Å². The maximum atomic E-state index is 12.2. The van der Waals surface area contributed by atoms with Gasteiger partial charge in [0.15, 0.2) is 6.61 Å². The number of likely N-dealkylation sites (tertiary alicyclic amines) is 1. The van der Waals surface area contributed by atoms with Gasteiger partial charge in [-0.25, -0.2) is 4.79 Å². The predicted molar refractivity (Wildman–Crippen MR) is 83.7 cm³/mol. The Balaban J connectivity index is 1.98. The fourth-order valence-corrected chi connectivity index (χ4v) is 2.56. The van der Waals surface area contributed by atoms with E-state index in [1.54, 1.807) is 13.8 Å². The average Bonchev–Trinajstić information content (AvgIpc) is 2.89. The van der Waals surface area contributed by atoms with Crippen LogP contribution in [-0.2, 0) is 4.79 Å². The first-order valence-electron chi connectivity index (χ1n) is 7.60. The van der Waals surface area contributed by atoms with Crippen LogP contribution in [0.1, 0.15) is 18.9 Å². The largest absolute Gasteiger partial charge is 0.484 e. The van der Waals surface area contributed by atoms with Crippen LogP contribution in [0.4, 0.5) is 23.7 Å². The molecular weight excluding hydrogens is 341 g/mol. The minimum absolute atomic E-state index is 0.0787. The Morgan fingerprint density at radius 3 is 2.60 bits per heavy atom. The fraction of sp³-hybridized carbons (Fsp3) is 0.500. The molecule has 1 heterocycles. The van der Waals surface area contributed by atoms with E-state index in [1.807, 2.05) is 0 Å². The summed E-state index contributed by atoms with van der Waals surface area (Å²) in [6.45, 7) is 2.18. The molecule has 1 aromatic rings. The van der Waals surface area contributed by atoms with Crippen LogP contribution in [0, 0.1) is 12.3 Å². The number of hydrogen-bond acceptors (Lipinski definition) is 3. The lowest BCUT2D eigenvalue weighted by Crippen LogP contribution is -2.37. The second-order valence-electron chi connectivity index (χ2n) is 6.35. The molecule has 9 heteroatoms. The van der Waals surface area contributed by atoms with Gasteiger partial charge < -0.3 is 20.1 Å². The summed E-state index contributed by atoms with van der Waals surface area (Å²) in [5.74, 6) is -0.875. The Hall–Kier alpha value is -2.45. The van der Waals surface area contributed by atoms with Crippen LogP contribution in [0.5, 0.6) is 5.75 Å². The molecule has 0 aliphatic carbocycles. The Morgan fingerprint density at radius 2 is 2.08 bits per heavy atom. The number of carbonyl (C=O) groups excluding carboxylic acids is 1. The molecule has 6 nitrogen and oxygen atoms in total. The van der Waals surface area contributed by atoms with E-state index >= 15 is 0 Å². The van der Waals surface area contributed by atoms with E-state index in [-0.39, 0.29) is 12.3 Å². The Labute approximate surface area is 142 Å². The number of nitrogens with one attached hydrogen (secondary N) is 1. The summed E-state index contributed by atoms with van der Waals surface area (Å²) in [7, 11) is 0. The van der Waals surface area contributed by atoms with Gasteiger partial charge in [0.05, 0.1) is 5.41 Å². The summed E-state index contributed by atoms with van der Waals surface area (Å²) in [5, 5.41) is 11.8. The molecule has 1 fully saturated rings. The Kier molecular flexibility index (Phi) is 5.15. The number of ether oxygens (including phenoxy) is 1. The average molecular weight is 360 g/mol. The van der Waals surface area contributed by atoms with E-state index in [9.17, 15) is 27.9 Å². The number of aliphatic carboxylic acids is 1. The SMILES string of the molecule is Cc1cc(NC(=O)N2CCC(C)(C(=O)O)C2)ccc1OCC(F)(F)F. The van der Waals surface area contributed by atoms with Gasteiger partial charge >= 0.3 is 18.2 Å². The van der Waals surface area contributed by atoms with Crippen molar-refractivity contribution in [3.63, 3.8) is 0 Å². The Bertz CT molecular complexity index is 678.